The van der Waals surface area contributed by atoms with Crippen LogP contribution in [0, 0.1) is 20.8 Å². The Hall–Kier alpha value is -2.34. The molecular formula is C25H33BrN2O3. The summed E-state index contributed by atoms with van der Waals surface area (Å²) in [7, 11) is 0. The zero-order valence-electron chi connectivity index (χ0n) is 19.5. The molecule has 2 aromatic rings. The highest BCUT2D eigenvalue weighted by molar-refractivity contribution is 9.10. The summed E-state index contributed by atoms with van der Waals surface area (Å²) in [5.74, 6) is 0.264. The molecule has 2 amide bonds. The van der Waals surface area contributed by atoms with Gasteiger partial charge in [0.2, 0.25) is 5.91 Å². The highest BCUT2D eigenvalue weighted by Gasteiger charge is 2.28. The maximum atomic E-state index is 13.2. The van der Waals surface area contributed by atoms with E-state index in [0.29, 0.717) is 12.3 Å². The number of benzene rings is 2. The molecule has 0 fully saturated rings. The van der Waals surface area contributed by atoms with Gasteiger partial charge in [-0.3, -0.25) is 9.59 Å². The van der Waals surface area contributed by atoms with Gasteiger partial charge in [0.05, 0.1) is 0 Å². The minimum Gasteiger partial charge on any atom is -0.483 e. The van der Waals surface area contributed by atoms with Crippen molar-refractivity contribution in [1.29, 1.82) is 0 Å². The lowest BCUT2D eigenvalue weighted by molar-refractivity contribution is -0.142. The van der Waals surface area contributed by atoms with Crippen molar-refractivity contribution in [2.45, 2.75) is 66.6 Å². The molecule has 0 saturated carbocycles. The molecule has 0 radical (unpaired) electrons. The zero-order chi connectivity index (χ0) is 23.3. The van der Waals surface area contributed by atoms with Crippen molar-refractivity contribution in [3.05, 3.63) is 63.1 Å². The average molecular weight is 489 g/mol. The van der Waals surface area contributed by atoms with E-state index in [4.69, 9.17) is 4.74 Å². The molecule has 0 aromatic heterocycles. The fourth-order valence-corrected chi connectivity index (χ4v) is 3.48. The van der Waals surface area contributed by atoms with Gasteiger partial charge in [-0.2, -0.15) is 0 Å². The molecular weight excluding hydrogens is 456 g/mol. The number of halogens is 1. The average Bonchev–Trinajstić information content (AvgIpc) is 2.67. The van der Waals surface area contributed by atoms with E-state index in [2.05, 4.69) is 27.3 Å². The van der Waals surface area contributed by atoms with Gasteiger partial charge in [0.25, 0.3) is 5.91 Å². The Balaban J connectivity index is 2.22. The summed E-state index contributed by atoms with van der Waals surface area (Å²) in [5.41, 5.74) is 3.76. The summed E-state index contributed by atoms with van der Waals surface area (Å²) in [4.78, 5) is 27.6. The first-order valence-corrected chi connectivity index (χ1v) is 11.2. The molecule has 6 heteroatoms. The fourth-order valence-electron chi connectivity index (χ4n) is 3.22. The van der Waals surface area contributed by atoms with Crippen LogP contribution >= 0.6 is 15.9 Å². The van der Waals surface area contributed by atoms with Gasteiger partial charge >= 0.3 is 0 Å². The number of nitrogens with zero attached hydrogens (tertiary/aromatic N) is 1. The molecule has 1 N–H and O–H groups in total. The Kier molecular flexibility index (Phi) is 8.29. The second-order valence-corrected chi connectivity index (χ2v) is 9.97. The molecule has 168 valence electrons. The summed E-state index contributed by atoms with van der Waals surface area (Å²) in [6.45, 7) is 13.7. The van der Waals surface area contributed by atoms with Gasteiger partial charge in [-0.1, -0.05) is 34.1 Å². The molecule has 0 aliphatic rings. The number of hydrogen-bond donors (Lipinski definition) is 1. The van der Waals surface area contributed by atoms with E-state index in [-0.39, 0.29) is 24.0 Å². The summed E-state index contributed by atoms with van der Waals surface area (Å²) < 4.78 is 6.86. The second kappa shape index (κ2) is 10.3. The van der Waals surface area contributed by atoms with Crippen LogP contribution in [0.3, 0.4) is 0 Å². The van der Waals surface area contributed by atoms with Crippen molar-refractivity contribution in [2.24, 2.45) is 0 Å². The third-order valence-corrected chi connectivity index (χ3v) is 5.58. The SMILES string of the molecule is Cc1cc(C)c(C)c(OCC(=O)N(Cc2ccc(Br)cc2)C(C)C(=O)NC(C)(C)C)c1. The molecule has 5 nitrogen and oxygen atoms in total. The molecule has 2 rings (SSSR count). The summed E-state index contributed by atoms with van der Waals surface area (Å²) >= 11 is 3.43. The highest BCUT2D eigenvalue weighted by Crippen LogP contribution is 2.23. The molecule has 1 atom stereocenters. The Morgan fingerprint density at radius 3 is 2.29 bits per heavy atom. The van der Waals surface area contributed by atoms with Crippen molar-refractivity contribution in [3.63, 3.8) is 0 Å². The van der Waals surface area contributed by atoms with Crippen LogP contribution in [0.4, 0.5) is 0 Å². The monoisotopic (exact) mass is 488 g/mol. The number of amides is 2. The van der Waals surface area contributed by atoms with Crippen molar-refractivity contribution in [1.82, 2.24) is 10.2 Å². The quantitative estimate of drug-likeness (QED) is 0.590. The third kappa shape index (κ3) is 7.39. The molecule has 31 heavy (non-hydrogen) atoms. The fraction of sp³-hybridized carbons (Fsp3) is 0.440. The number of ether oxygens (including phenoxy) is 1. The molecule has 0 heterocycles. The predicted molar refractivity (Wildman–Crippen MR) is 128 cm³/mol. The largest absolute Gasteiger partial charge is 0.483 e. The third-order valence-electron chi connectivity index (χ3n) is 5.05. The Morgan fingerprint density at radius 1 is 1.10 bits per heavy atom. The van der Waals surface area contributed by atoms with Crippen LogP contribution < -0.4 is 10.1 Å². The molecule has 0 spiro atoms. The first kappa shape index (κ1) is 24.9. The summed E-state index contributed by atoms with van der Waals surface area (Å²) in [5, 5.41) is 2.97. The van der Waals surface area contributed by atoms with Gasteiger partial charge in [-0.25, -0.2) is 0 Å². The number of nitrogens with one attached hydrogen (secondary N) is 1. The second-order valence-electron chi connectivity index (χ2n) is 9.06. The number of aryl methyl sites for hydroxylation is 2. The van der Waals surface area contributed by atoms with Crippen molar-refractivity contribution in [3.8, 4) is 5.75 Å². The molecule has 0 aliphatic heterocycles. The highest BCUT2D eigenvalue weighted by atomic mass is 79.9. The zero-order valence-corrected chi connectivity index (χ0v) is 21.1. The van der Waals surface area contributed by atoms with Gasteiger partial charge < -0.3 is 15.0 Å². The van der Waals surface area contributed by atoms with Gasteiger partial charge in [-0.05, 0) is 88.9 Å². The lowest BCUT2D eigenvalue weighted by Crippen LogP contribution is -2.53. The maximum absolute atomic E-state index is 13.2. The van der Waals surface area contributed by atoms with Crippen molar-refractivity contribution in [2.75, 3.05) is 6.61 Å². The van der Waals surface area contributed by atoms with E-state index in [1.807, 2.05) is 71.9 Å². The number of rotatable bonds is 7. The summed E-state index contributed by atoms with van der Waals surface area (Å²) in [6, 6.07) is 11.1. The maximum Gasteiger partial charge on any atom is 0.261 e. The van der Waals surface area contributed by atoms with E-state index >= 15 is 0 Å². The van der Waals surface area contributed by atoms with Gasteiger partial charge in [-0.15, -0.1) is 0 Å². The van der Waals surface area contributed by atoms with E-state index in [1.165, 1.54) is 0 Å². The standard InChI is InChI=1S/C25H33BrN2O3/c1-16-12-17(2)18(3)22(13-16)31-15-23(29)28(14-20-8-10-21(26)11-9-20)19(4)24(30)27-25(5,6)7/h8-13,19H,14-15H2,1-7H3,(H,27,30). The predicted octanol–water partition coefficient (Wildman–Crippen LogP) is 5.09. The van der Waals surface area contributed by atoms with Gasteiger partial charge in [0, 0.05) is 16.6 Å². The smallest absolute Gasteiger partial charge is 0.261 e. The van der Waals surface area contributed by atoms with E-state index in [9.17, 15) is 9.59 Å². The van der Waals surface area contributed by atoms with Crippen LogP contribution in [0.15, 0.2) is 40.9 Å². The first-order chi connectivity index (χ1) is 14.4. The van der Waals surface area contributed by atoms with Gasteiger partial charge in [0.1, 0.15) is 11.8 Å². The van der Waals surface area contributed by atoms with Gasteiger partial charge in [0.15, 0.2) is 6.61 Å². The first-order valence-electron chi connectivity index (χ1n) is 10.4. The van der Waals surface area contributed by atoms with Crippen LogP contribution in [0.2, 0.25) is 0 Å². The minimum atomic E-state index is -0.640. The Morgan fingerprint density at radius 2 is 1.71 bits per heavy atom. The van der Waals surface area contributed by atoms with E-state index in [1.54, 1.807) is 11.8 Å². The number of carbonyl (C=O) groups is 2. The molecule has 1 unspecified atom stereocenters. The summed E-state index contributed by atoms with van der Waals surface area (Å²) in [6.07, 6.45) is 0. The van der Waals surface area contributed by atoms with Crippen LogP contribution in [-0.4, -0.2) is 34.9 Å². The Bertz CT molecular complexity index is 933. The lowest BCUT2D eigenvalue weighted by Gasteiger charge is -2.31. The number of hydrogen-bond acceptors (Lipinski definition) is 3. The Labute approximate surface area is 194 Å². The lowest BCUT2D eigenvalue weighted by atomic mass is 10.1. The van der Waals surface area contributed by atoms with Crippen LogP contribution in [0.25, 0.3) is 0 Å². The molecule has 0 bridgehead atoms. The van der Waals surface area contributed by atoms with E-state index in [0.717, 1.165) is 26.7 Å². The molecule has 0 aliphatic carbocycles. The van der Waals surface area contributed by atoms with Crippen LogP contribution in [0.5, 0.6) is 5.75 Å². The molecule has 0 saturated heterocycles. The van der Waals surface area contributed by atoms with E-state index < -0.39 is 6.04 Å². The van der Waals surface area contributed by atoms with Crippen molar-refractivity contribution >= 4 is 27.7 Å². The van der Waals surface area contributed by atoms with Crippen LogP contribution in [0.1, 0.15) is 49.9 Å². The number of carbonyl (C=O) groups excluding carboxylic acids is 2. The normalized spacial score (nSPS) is 12.3. The van der Waals surface area contributed by atoms with Crippen molar-refractivity contribution < 1.29 is 14.3 Å². The topological polar surface area (TPSA) is 58.6 Å². The minimum absolute atomic E-state index is 0.132. The molecule has 2 aromatic carbocycles. The van der Waals surface area contributed by atoms with Crippen LogP contribution in [-0.2, 0) is 16.1 Å².